The van der Waals surface area contributed by atoms with Crippen LogP contribution in [0.1, 0.15) is 222 Å². The fourth-order valence-electron chi connectivity index (χ4n) is 14.5. The maximum Gasteiger partial charge on any atom is 0.408 e. The van der Waals surface area contributed by atoms with E-state index in [4.69, 9.17) is 19.9 Å². The van der Waals surface area contributed by atoms with Crippen LogP contribution >= 0.6 is 11.3 Å². The van der Waals surface area contributed by atoms with Crippen molar-refractivity contribution in [2.75, 3.05) is 52.8 Å². The Bertz CT molecular complexity index is 3520. The predicted octanol–water partition coefficient (Wildman–Crippen LogP) is 9.76. The van der Waals surface area contributed by atoms with Gasteiger partial charge in [0, 0.05) is 131 Å². The number of likely N-dealkylation sites (N-methyl/N-ethyl adjacent to an activating group) is 1. The minimum absolute atomic E-state index is 0.00874. The highest BCUT2D eigenvalue weighted by molar-refractivity contribution is 7.09. The van der Waals surface area contributed by atoms with Crippen LogP contribution in [0.25, 0.3) is 0 Å². The normalized spacial score (nSPS) is 16.6. The first-order chi connectivity index (χ1) is 52.6. The fraction of sp³-hybridized carbons (Fsp3) is 0.679. The highest BCUT2D eigenvalue weighted by Gasteiger charge is 2.45. The lowest BCUT2D eigenvalue weighted by Crippen LogP contribution is -2.55. The van der Waals surface area contributed by atoms with E-state index in [-0.39, 0.29) is 136 Å². The van der Waals surface area contributed by atoms with E-state index >= 15 is 0 Å². The summed E-state index contributed by atoms with van der Waals surface area (Å²) in [6.07, 6.45) is 1.15. The molecule has 0 bridgehead atoms. The number of alkyl carbamates (subject to hydrolysis) is 1. The average Bonchev–Trinajstić information content (AvgIpc) is 1.34. The Morgan fingerprint density at radius 3 is 1.94 bits per heavy atom. The van der Waals surface area contributed by atoms with E-state index in [0.717, 1.165) is 10.6 Å². The lowest BCUT2D eigenvalue weighted by molar-refractivity contribution is -0.149. The number of aromatic nitrogens is 1. The molecule has 1 aliphatic rings. The van der Waals surface area contributed by atoms with E-state index < -0.39 is 131 Å². The number of ether oxygens (including phenoxy) is 3. The summed E-state index contributed by atoms with van der Waals surface area (Å²) in [4.78, 5) is 173. The van der Waals surface area contributed by atoms with Crippen molar-refractivity contribution in [2.24, 2.45) is 52.6 Å². The van der Waals surface area contributed by atoms with Crippen LogP contribution in [0, 0.1) is 46.8 Å². The number of carbonyl (C=O) groups excluding carboxylic acids is 12. The molecule has 0 saturated carbocycles. The van der Waals surface area contributed by atoms with Crippen molar-refractivity contribution in [1.29, 1.82) is 0 Å². The smallest absolute Gasteiger partial charge is 0.408 e. The van der Waals surface area contributed by atoms with Gasteiger partial charge in [-0.25, -0.2) is 14.6 Å². The van der Waals surface area contributed by atoms with E-state index in [9.17, 15) is 67.7 Å². The first kappa shape index (κ1) is 96.5. The molecule has 13 atom stereocenters. The van der Waals surface area contributed by atoms with Crippen molar-refractivity contribution in [3.05, 3.63) is 82.3 Å². The number of likely N-dealkylation sites (tertiary alicyclic amines) is 1. The summed E-state index contributed by atoms with van der Waals surface area (Å²) in [5.74, 6) is -8.21. The second kappa shape index (κ2) is 46.5. The highest BCUT2D eigenvalue weighted by Crippen LogP contribution is 2.35. The van der Waals surface area contributed by atoms with Crippen LogP contribution in [0.2, 0.25) is 0 Å². The number of thiazole rings is 1. The van der Waals surface area contributed by atoms with Crippen LogP contribution in [0.15, 0.2) is 66.2 Å². The van der Waals surface area contributed by atoms with Crippen LogP contribution in [0.3, 0.4) is 0 Å². The number of methoxy groups -OCH3 is 2. The standard InChI is InChI=1S/C84H132N10O17S/c1-19-53(6)73(68(109-17)48-71(102)94-41-26-31-63(94)74(110-18)54(7)64(96)46-59(78-87-40-42-112-78)43-55-27-21-20-22-28-55)93(16)79(106)61(51(2)3)47-69(100)84(14,15)92-81(108)111-50-56-32-34-60(35-33-56)89-76(104)58(30-25-39-88-80(85)107)45-66(98)72(52(4)5)90-77(105)57(44-65(97)67(99)49-95)29-23-24-38-86-70(101)37-36-62(91-83(11,12)13)75(103)82(8,9)10/h20-22,27-28,32-35,40,42,51-54,57-59,61-63,67-68,72-74,91,95,99H,19,23-26,29-31,36-39,41,43-50H2,1-18H3,(H,86,101)(H,89,104)(H,90,105)(H,92,108)(H3,85,88,107)/t53-,54-,57+,58+,59+,61-,62+,63-,67-,68+,72-,73-,74+/m0/s1. The van der Waals surface area contributed by atoms with E-state index in [2.05, 4.69) is 36.9 Å². The van der Waals surface area contributed by atoms with Crippen molar-refractivity contribution < 1.29 is 82.0 Å². The van der Waals surface area contributed by atoms with Gasteiger partial charge < -0.3 is 71.9 Å². The molecule has 626 valence electrons. The van der Waals surface area contributed by atoms with Crippen molar-refractivity contribution >= 4 is 87.6 Å². The molecule has 2 aromatic carbocycles. The minimum Gasteiger partial charge on any atom is -0.445 e. The minimum atomic E-state index is -1.74. The maximum atomic E-state index is 14.9. The Balaban J connectivity index is 1.38. The summed E-state index contributed by atoms with van der Waals surface area (Å²) in [7, 11) is 4.78. The van der Waals surface area contributed by atoms with Gasteiger partial charge in [-0.1, -0.05) is 125 Å². The quantitative estimate of drug-likeness (QED) is 0.0237. The third-order valence-corrected chi connectivity index (χ3v) is 22.2. The number of nitrogens with one attached hydrogen (secondary N) is 6. The lowest BCUT2D eigenvalue weighted by Gasteiger charge is -2.41. The number of anilines is 1. The Kier molecular flexibility index (Phi) is 40.0. The number of rotatable bonds is 50. The zero-order valence-electron chi connectivity index (χ0n) is 69.7. The van der Waals surface area contributed by atoms with Crippen LogP contribution in [0.5, 0.6) is 0 Å². The van der Waals surface area contributed by atoms with Gasteiger partial charge in [0.2, 0.25) is 29.5 Å². The monoisotopic (exact) mass is 1580 g/mol. The zero-order valence-corrected chi connectivity index (χ0v) is 70.5. The Labute approximate surface area is 668 Å². The van der Waals surface area contributed by atoms with Gasteiger partial charge in [-0.2, -0.15) is 0 Å². The number of aliphatic hydroxyl groups excluding tert-OH is 2. The molecule has 112 heavy (non-hydrogen) atoms. The summed E-state index contributed by atoms with van der Waals surface area (Å²) in [6.45, 7) is 27.0. The number of hydrogen-bond acceptors (Lipinski definition) is 20. The molecule has 3 aromatic rings. The molecular formula is C84H132N10O17S. The average molecular weight is 1590 g/mol. The summed E-state index contributed by atoms with van der Waals surface area (Å²) in [6, 6.07) is 12.9. The van der Waals surface area contributed by atoms with Crippen LogP contribution in [0.4, 0.5) is 15.3 Å². The number of urea groups is 1. The number of Topliss-reactive ketones (excluding diaryl/α,β-unsaturated/α-hetero) is 5. The molecule has 8 amide bonds. The summed E-state index contributed by atoms with van der Waals surface area (Å²) in [5, 5.41) is 39.5. The third-order valence-electron chi connectivity index (χ3n) is 21.3. The first-order valence-corrected chi connectivity index (χ1v) is 40.7. The third kappa shape index (κ3) is 31.5. The molecule has 0 unspecified atom stereocenters. The zero-order chi connectivity index (χ0) is 84.0. The molecule has 4 rings (SSSR count). The van der Waals surface area contributed by atoms with Gasteiger partial charge >= 0.3 is 12.1 Å². The predicted molar refractivity (Wildman–Crippen MR) is 431 cm³/mol. The number of benzene rings is 2. The number of nitrogens with two attached hydrogens (primary N) is 1. The van der Waals surface area contributed by atoms with Crippen LogP contribution in [-0.4, -0.2) is 197 Å². The van der Waals surface area contributed by atoms with E-state index in [1.807, 2.05) is 112 Å². The largest absolute Gasteiger partial charge is 0.445 e. The number of primary amides is 1. The number of unbranched alkanes of at least 4 members (excludes halogenated alkanes) is 1. The van der Waals surface area contributed by atoms with E-state index in [1.165, 1.54) is 32.3 Å². The molecule has 1 aliphatic heterocycles. The molecular weight excluding hydrogens is 1450 g/mol. The van der Waals surface area contributed by atoms with Gasteiger partial charge in [0.25, 0.3) is 0 Å². The Morgan fingerprint density at radius 2 is 1.37 bits per heavy atom. The topological polar surface area (TPSA) is 391 Å². The second-order valence-electron chi connectivity index (χ2n) is 33.5. The summed E-state index contributed by atoms with van der Waals surface area (Å²) in [5.41, 5.74) is 4.74. The van der Waals surface area contributed by atoms with Crippen molar-refractivity contribution in [3.8, 4) is 0 Å². The number of aliphatic hydroxyl groups is 2. The van der Waals surface area contributed by atoms with Crippen molar-refractivity contribution in [3.63, 3.8) is 0 Å². The maximum absolute atomic E-state index is 14.9. The van der Waals surface area contributed by atoms with Gasteiger partial charge in [0.05, 0.1) is 59.9 Å². The van der Waals surface area contributed by atoms with Gasteiger partial charge in [-0.15, -0.1) is 11.3 Å². The highest BCUT2D eigenvalue weighted by atomic mass is 32.1. The Hall–Kier alpha value is -7.89. The lowest BCUT2D eigenvalue weighted by atomic mass is 9.83. The molecule has 27 nitrogen and oxygen atoms in total. The molecule has 10 N–H and O–H groups in total. The van der Waals surface area contributed by atoms with Crippen molar-refractivity contribution in [2.45, 2.75) is 273 Å². The number of amides is 8. The SMILES string of the molecule is CC[C@H](C)[C@@H]([C@@H](CC(=O)N1CCC[C@H]1[C@H](OC)[C@@H](C)C(=O)C[C@@H](Cc1ccccc1)c1nccs1)OC)N(C)C(=O)[C@@H](CC(=O)C(C)(C)NC(=O)OCc1ccc(NC(=O)[C@H](CCCNC(N)=O)CC(=O)[C@@H](NC(=O)[C@H](CCCCNC(=O)CC[C@@H](NC(C)(C)C)C(=O)C(C)(C)C)CC(=O)[C@@H](O)CO)C(C)C)cc1)C(C)C. The summed E-state index contributed by atoms with van der Waals surface area (Å²) >= 11 is 1.53. The molecule has 1 fully saturated rings. The van der Waals surface area contributed by atoms with Crippen LogP contribution < -0.4 is 37.6 Å². The number of hydrogen-bond donors (Lipinski definition) is 9. The van der Waals surface area contributed by atoms with Gasteiger partial charge in [-0.05, 0) is 127 Å². The molecule has 0 spiro atoms. The summed E-state index contributed by atoms with van der Waals surface area (Å²) < 4.78 is 17.9. The Morgan fingerprint density at radius 1 is 0.732 bits per heavy atom. The van der Waals surface area contributed by atoms with Gasteiger partial charge in [-0.3, -0.25) is 47.9 Å². The van der Waals surface area contributed by atoms with Gasteiger partial charge in [0.1, 0.15) is 18.5 Å². The molecule has 28 heteroatoms. The van der Waals surface area contributed by atoms with Gasteiger partial charge in [0.15, 0.2) is 23.1 Å². The number of carbonyl (C=O) groups is 12. The molecule has 0 radical (unpaired) electrons. The fourth-order valence-corrected chi connectivity index (χ4v) is 15.2. The van der Waals surface area contributed by atoms with E-state index in [1.54, 1.807) is 68.3 Å². The molecule has 1 aromatic heterocycles. The van der Waals surface area contributed by atoms with Crippen molar-refractivity contribution in [1.82, 2.24) is 41.4 Å². The van der Waals surface area contributed by atoms with E-state index in [0.29, 0.717) is 56.3 Å². The molecule has 2 heterocycles. The number of ketones is 5. The first-order valence-electron chi connectivity index (χ1n) is 39.8. The second-order valence-corrected chi connectivity index (χ2v) is 34.5. The molecule has 1 saturated heterocycles. The number of nitrogens with zero attached hydrogens (tertiary/aromatic N) is 3. The van der Waals surface area contributed by atoms with Crippen LogP contribution in [-0.2, 0) is 75.2 Å². The molecule has 0 aliphatic carbocycles.